The number of carbonyl (C=O) groups excluding carboxylic acids is 1. The number of aromatic nitrogens is 2. The summed E-state index contributed by atoms with van der Waals surface area (Å²) < 4.78 is 13.1. The van der Waals surface area contributed by atoms with Gasteiger partial charge < -0.3 is 14.8 Å². The molecule has 5 rings (SSSR count). The third kappa shape index (κ3) is 4.06. The number of rotatable bonds is 4. The standard InChI is InChI=1S/C23H18ClN3O4S/c24-15-9-18-19(31-8-4-7-30-18)10-16(15)26-21(28)12-27-13-25-17-11-20(32-22(17)23(27)29)14-5-2-1-3-6-14/h1-3,5-6,9-11,13H,4,7-8,12H2,(H,26,28). The first kappa shape index (κ1) is 20.5. The van der Waals surface area contributed by atoms with Gasteiger partial charge in [-0.2, -0.15) is 0 Å². The molecular formula is C23H18ClN3O4S. The summed E-state index contributed by atoms with van der Waals surface area (Å²) in [6.45, 7) is 0.877. The van der Waals surface area contributed by atoms with E-state index in [1.165, 1.54) is 22.2 Å². The van der Waals surface area contributed by atoms with Crippen molar-refractivity contribution in [2.75, 3.05) is 18.5 Å². The van der Waals surface area contributed by atoms with Crippen LogP contribution in [0.1, 0.15) is 6.42 Å². The highest BCUT2D eigenvalue weighted by Gasteiger charge is 2.17. The van der Waals surface area contributed by atoms with Crippen LogP contribution in [0, 0.1) is 0 Å². The Balaban J connectivity index is 1.38. The van der Waals surface area contributed by atoms with E-state index in [-0.39, 0.29) is 12.1 Å². The second-order valence-electron chi connectivity index (χ2n) is 7.25. The summed E-state index contributed by atoms with van der Waals surface area (Å²) in [6.07, 6.45) is 2.16. The number of hydrogen-bond acceptors (Lipinski definition) is 6. The van der Waals surface area contributed by atoms with Crippen LogP contribution in [-0.4, -0.2) is 28.7 Å². The topological polar surface area (TPSA) is 82.5 Å². The Bertz CT molecular complexity index is 1370. The highest BCUT2D eigenvalue weighted by Crippen LogP contribution is 2.37. The third-order valence-corrected chi connectivity index (χ3v) is 6.46. The van der Waals surface area contributed by atoms with Crippen LogP contribution in [0.5, 0.6) is 11.5 Å². The average Bonchev–Trinajstić information content (AvgIpc) is 3.11. The fraction of sp³-hybridized carbons (Fsp3) is 0.174. The summed E-state index contributed by atoms with van der Waals surface area (Å²) in [5, 5.41) is 3.07. The number of thiophene rings is 1. The van der Waals surface area contributed by atoms with Gasteiger partial charge in [-0.3, -0.25) is 14.2 Å². The summed E-state index contributed by atoms with van der Waals surface area (Å²) in [7, 11) is 0. The fourth-order valence-corrected chi connectivity index (χ4v) is 4.69. The van der Waals surface area contributed by atoms with E-state index in [0.717, 1.165) is 16.9 Å². The van der Waals surface area contributed by atoms with Crippen LogP contribution in [0.25, 0.3) is 20.7 Å². The summed E-state index contributed by atoms with van der Waals surface area (Å²) in [5.74, 6) is 0.669. The van der Waals surface area contributed by atoms with Crippen LogP contribution in [0.3, 0.4) is 0 Å². The van der Waals surface area contributed by atoms with Crippen molar-refractivity contribution in [2.45, 2.75) is 13.0 Å². The minimum atomic E-state index is -0.399. The lowest BCUT2D eigenvalue weighted by molar-refractivity contribution is -0.116. The predicted octanol–water partition coefficient (Wildman–Crippen LogP) is 4.58. The Kier molecular flexibility index (Phi) is 5.55. The molecule has 0 spiro atoms. The lowest BCUT2D eigenvalue weighted by atomic mass is 10.2. The van der Waals surface area contributed by atoms with Crippen LogP contribution in [-0.2, 0) is 11.3 Å². The number of ether oxygens (including phenoxy) is 2. The van der Waals surface area contributed by atoms with Gasteiger partial charge in [-0.25, -0.2) is 4.98 Å². The summed E-state index contributed by atoms with van der Waals surface area (Å²) in [5.41, 5.74) is 1.76. The molecule has 162 valence electrons. The number of amides is 1. The second kappa shape index (κ2) is 8.64. The molecule has 1 amide bonds. The predicted molar refractivity (Wildman–Crippen MR) is 125 cm³/mol. The molecule has 3 heterocycles. The van der Waals surface area contributed by atoms with Gasteiger partial charge in [-0.1, -0.05) is 41.9 Å². The van der Waals surface area contributed by atoms with Gasteiger partial charge in [0.1, 0.15) is 11.2 Å². The molecule has 0 atom stereocenters. The molecule has 1 aliphatic heterocycles. The van der Waals surface area contributed by atoms with Gasteiger partial charge in [0, 0.05) is 23.4 Å². The molecule has 0 saturated carbocycles. The molecule has 0 bridgehead atoms. The molecule has 2 aromatic carbocycles. The summed E-state index contributed by atoms with van der Waals surface area (Å²) in [4.78, 5) is 30.9. The van der Waals surface area contributed by atoms with E-state index >= 15 is 0 Å². The minimum Gasteiger partial charge on any atom is -0.490 e. The van der Waals surface area contributed by atoms with Crippen molar-refractivity contribution in [3.05, 3.63) is 70.2 Å². The molecule has 32 heavy (non-hydrogen) atoms. The van der Waals surface area contributed by atoms with Gasteiger partial charge in [-0.05, 0) is 11.6 Å². The van der Waals surface area contributed by atoms with Crippen molar-refractivity contribution in [1.82, 2.24) is 9.55 Å². The summed E-state index contributed by atoms with van der Waals surface area (Å²) in [6, 6.07) is 14.9. The SMILES string of the molecule is O=C(Cn1cnc2cc(-c3ccccc3)sc2c1=O)Nc1cc2c(cc1Cl)OCCCO2. The number of nitrogens with zero attached hydrogens (tertiary/aromatic N) is 2. The van der Waals surface area contributed by atoms with Crippen LogP contribution in [0.15, 0.2) is 59.7 Å². The molecule has 1 N–H and O–H groups in total. The van der Waals surface area contributed by atoms with E-state index in [1.54, 1.807) is 12.1 Å². The van der Waals surface area contributed by atoms with Crippen molar-refractivity contribution in [2.24, 2.45) is 0 Å². The molecule has 4 aromatic rings. The second-order valence-corrected chi connectivity index (χ2v) is 8.71. The lowest BCUT2D eigenvalue weighted by Crippen LogP contribution is -2.27. The zero-order chi connectivity index (χ0) is 22.1. The largest absolute Gasteiger partial charge is 0.490 e. The third-order valence-electron chi connectivity index (χ3n) is 4.99. The van der Waals surface area contributed by atoms with Crippen LogP contribution in [0.4, 0.5) is 5.69 Å². The molecule has 9 heteroatoms. The van der Waals surface area contributed by atoms with Crippen LogP contribution < -0.4 is 20.3 Å². The molecule has 1 aliphatic rings. The quantitative estimate of drug-likeness (QED) is 0.475. The first-order valence-electron chi connectivity index (χ1n) is 10.0. The van der Waals surface area contributed by atoms with Gasteiger partial charge in [0.15, 0.2) is 11.5 Å². The maximum atomic E-state index is 12.9. The Morgan fingerprint density at radius 3 is 2.66 bits per heavy atom. The molecule has 0 unspecified atom stereocenters. The van der Waals surface area contributed by atoms with E-state index in [4.69, 9.17) is 21.1 Å². The molecule has 0 fully saturated rings. The first-order chi connectivity index (χ1) is 15.6. The number of benzene rings is 2. The molecule has 0 radical (unpaired) electrons. The maximum Gasteiger partial charge on any atom is 0.271 e. The number of hydrogen-bond donors (Lipinski definition) is 1. The summed E-state index contributed by atoms with van der Waals surface area (Å²) >= 11 is 7.67. The number of carbonyl (C=O) groups is 1. The molecule has 0 aliphatic carbocycles. The van der Waals surface area contributed by atoms with Gasteiger partial charge in [-0.15, -0.1) is 11.3 Å². The Hall–Kier alpha value is -3.36. The Morgan fingerprint density at radius 1 is 1.12 bits per heavy atom. The highest BCUT2D eigenvalue weighted by molar-refractivity contribution is 7.22. The van der Waals surface area contributed by atoms with Crippen LogP contribution in [0.2, 0.25) is 5.02 Å². The van der Waals surface area contributed by atoms with E-state index in [1.807, 2.05) is 36.4 Å². The molecule has 0 saturated heterocycles. The van der Waals surface area contributed by atoms with E-state index < -0.39 is 5.91 Å². The Morgan fingerprint density at radius 2 is 1.88 bits per heavy atom. The van der Waals surface area contributed by atoms with Crippen molar-refractivity contribution in [1.29, 1.82) is 0 Å². The number of anilines is 1. The van der Waals surface area contributed by atoms with Crippen molar-refractivity contribution < 1.29 is 14.3 Å². The first-order valence-corrected chi connectivity index (χ1v) is 11.2. The van der Waals surface area contributed by atoms with Gasteiger partial charge in [0.05, 0.1) is 35.8 Å². The molecule has 2 aromatic heterocycles. The van der Waals surface area contributed by atoms with Gasteiger partial charge in [0.2, 0.25) is 5.91 Å². The van der Waals surface area contributed by atoms with Crippen molar-refractivity contribution in [3.8, 4) is 21.9 Å². The highest BCUT2D eigenvalue weighted by atomic mass is 35.5. The monoisotopic (exact) mass is 467 g/mol. The van der Waals surface area contributed by atoms with E-state index in [0.29, 0.717) is 45.6 Å². The Labute approximate surface area is 192 Å². The zero-order valence-corrected chi connectivity index (χ0v) is 18.4. The van der Waals surface area contributed by atoms with Gasteiger partial charge >= 0.3 is 0 Å². The average molecular weight is 468 g/mol. The van der Waals surface area contributed by atoms with Crippen molar-refractivity contribution in [3.63, 3.8) is 0 Å². The smallest absolute Gasteiger partial charge is 0.271 e. The molecular weight excluding hydrogens is 450 g/mol. The number of halogens is 1. The van der Waals surface area contributed by atoms with E-state index in [9.17, 15) is 9.59 Å². The maximum absolute atomic E-state index is 12.9. The van der Waals surface area contributed by atoms with Gasteiger partial charge in [0.25, 0.3) is 5.56 Å². The van der Waals surface area contributed by atoms with Crippen LogP contribution >= 0.6 is 22.9 Å². The number of nitrogens with one attached hydrogen (secondary N) is 1. The van der Waals surface area contributed by atoms with E-state index in [2.05, 4.69) is 10.3 Å². The number of fused-ring (bicyclic) bond motifs is 2. The fourth-order valence-electron chi connectivity index (χ4n) is 3.43. The lowest BCUT2D eigenvalue weighted by Gasteiger charge is -2.13. The normalized spacial score (nSPS) is 13.0. The minimum absolute atomic E-state index is 0.189. The zero-order valence-electron chi connectivity index (χ0n) is 16.8. The van der Waals surface area contributed by atoms with Crippen molar-refractivity contribution >= 4 is 44.7 Å². The molecule has 7 nitrogen and oxygen atoms in total.